The van der Waals surface area contributed by atoms with E-state index in [4.69, 9.17) is 0 Å². The molecule has 6 heteroatoms. The van der Waals surface area contributed by atoms with Gasteiger partial charge in [-0.3, -0.25) is 4.57 Å². The summed E-state index contributed by atoms with van der Waals surface area (Å²) >= 11 is 0. The van der Waals surface area contributed by atoms with E-state index >= 15 is 0 Å². The second-order valence-electron chi connectivity index (χ2n) is 8.59. The maximum Gasteiger partial charge on any atom is 0.205 e. The van der Waals surface area contributed by atoms with E-state index in [0.717, 1.165) is 37.7 Å². The van der Waals surface area contributed by atoms with Gasteiger partial charge in [-0.25, -0.2) is 13.5 Å². The fourth-order valence-electron chi connectivity index (χ4n) is 4.49. The maximum atomic E-state index is 14.6. The van der Waals surface area contributed by atoms with Gasteiger partial charge < -0.3 is 0 Å². The number of hydrogen-bond donors (Lipinski definition) is 1. The molecule has 0 aliphatic heterocycles. The molecule has 168 valence electrons. The van der Waals surface area contributed by atoms with Crippen molar-refractivity contribution in [3.05, 3.63) is 90.5 Å². The third-order valence-corrected chi connectivity index (χ3v) is 11.3. The minimum absolute atomic E-state index is 0.0872. The highest BCUT2D eigenvalue weighted by atomic mass is 32.2. The standard InChI is InChI=1S/C26H30NO3PS/c1-21-17-19-25(20-18-21)32(29,30)26(22-11-5-2-6-12-22)27-31(28,23-13-7-3-8-14-23)24-15-9-4-10-16-24/h3-4,7-10,13-20,22,26H,2,5-6,11-12H2,1H3,(H,27,28). The van der Waals surface area contributed by atoms with Crippen LogP contribution in [0.5, 0.6) is 0 Å². The molecule has 32 heavy (non-hydrogen) atoms. The fraction of sp³-hybridized carbons (Fsp3) is 0.308. The predicted molar refractivity (Wildman–Crippen MR) is 132 cm³/mol. The van der Waals surface area contributed by atoms with Gasteiger partial charge in [-0.05, 0) is 62.1 Å². The van der Waals surface area contributed by atoms with Crippen molar-refractivity contribution < 1.29 is 13.0 Å². The minimum atomic E-state index is -3.75. The van der Waals surface area contributed by atoms with E-state index in [1.165, 1.54) is 0 Å². The van der Waals surface area contributed by atoms with Gasteiger partial charge in [-0.15, -0.1) is 0 Å². The summed E-state index contributed by atoms with van der Waals surface area (Å²) < 4.78 is 42.4. The summed E-state index contributed by atoms with van der Waals surface area (Å²) in [6.45, 7) is 1.94. The van der Waals surface area contributed by atoms with Crippen LogP contribution in [0.1, 0.15) is 37.7 Å². The Labute approximate surface area is 191 Å². The van der Waals surface area contributed by atoms with Crippen LogP contribution in [-0.4, -0.2) is 13.8 Å². The van der Waals surface area contributed by atoms with Gasteiger partial charge >= 0.3 is 0 Å². The fourth-order valence-corrected chi connectivity index (χ4v) is 9.43. The second kappa shape index (κ2) is 9.74. The van der Waals surface area contributed by atoms with Crippen LogP contribution < -0.4 is 15.7 Å². The summed E-state index contributed by atoms with van der Waals surface area (Å²) in [5.41, 5.74) is 1.00. The van der Waals surface area contributed by atoms with E-state index < -0.39 is 22.5 Å². The topological polar surface area (TPSA) is 63.2 Å². The molecule has 0 saturated heterocycles. The Morgan fingerprint density at radius 2 is 1.28 bits per heavy atom. The lowest BCUT2D eigenvalue weighted by atomic mass is 9.89. The Kier molecular flexibility index (Phi) is 6.99. The summed E-state index contributed by atoms with van der Waals surface area (Å²) in [7, 11) is -7.15. The summed E-state index contributed by atoms with van der Waals surface area (Å²) in [6, 6.07) is 25.4. The molecule has 1 fully saturated rings. The van der Waals surface area contributed by atoms with Crippen LogP contribution in [0.2, 0.25) is 0 Å². The van der Waals surface area contributed by atoms with Crippen LogP contribution in [0, 0.1) is 12.8 Å². The van der Waals surface area contributed by atoms with E-state index in [2.05, 4.69) is 5.09 Å². The summed E-state index contributed by atoms with van der Waals surface area (Å²) in [4.78, 5) is 0.277. The molecule has 0 bridgehead atoms. The largest absolute Gasteiger partial charge is 0.296 e. The van der Waals surface area contributed by atoms with Gasteiger partial charge in [0.1, 0.15) is 5.37 Å². The van der Waals surface area contributed by atoms with Crippen LogP contribution in [0.15, 0.2) is 89.8 Å². The van der Waals surface area contributed by atoms with Crippen LogP contribution in [-0.2, 0) is 14.4 Å². The van der Waals surface area contributed by atoms with Gasteiger partial charge in [0.25, 0.3) is 0 Å². The van der Waals surface area contributed by atoms with Gasteiger partial charge in [-0.1, -0.05) is 73.4 Å². The van der Waals surface area contributed by atoms with Crippen molar-refractivity contribution in [2.24, 2.45) is 5.92 Å². The zero-order chi connectivity index (χ0) is 22.6. The number of aryl methyl sites for hydroxylation is 1. The van der Waals surface area contributed by atoms with Gasteiger partial charge in [0.15, 0.2) is 9.84 Å². The first-order valence-corrected chi connectivity index (χ1v) is 14.5. The van der Waals surface area contributed by atoms with Crippen molar-refractivity contribution in [3.63, 3.8) is 0 Å². The van der Waals surface area contributed by atoms with Crippen molar-refractivity contribution in [2.45, 2.75) is 49.3 Å². The van der Waals surface area contributed by atoms with Crippen molar-refractivity contribution >= 4 is 27.7 Å². The molecule has 4 nitrogen and oxygen atoms in total. The first-order valence-electron chi connectivity index (χ1n) is 11.2. The van der Waals surface area contributed by atoms with Crippen LogP contribution in [0.3, 0.4) is 0 Å². The van der Waals surface area contributed by atoms with Crippen molar-refractivity contribution in [2.75, 3.05) is 0 Å². The molecule has 1 aliphatic carbocycles. The average molecular weight is 468 g/mol. The highest BCUT2D eigenvalue weighted by molar-refractivity contribution is 7.92. The first-order chi connectivity index (χ1) is 15.4. The van der Waals surface area contributed by atoms with Crippen molar-refractivity contribution in [1.29, 1.82) is 0 Å². The molecule has 3 aromatic carbocycles. The minimum Gasteiger partial charge on any atom is -0.296 e. The molecular weight excluding hydrogens is 437 g/mol. The Morgan fingerprint density at radius 3 is 1.78 bits per heavy atom. The number of sulfone groups is 1. The molecule has 0 aromatic heterocycles. The Bertz CT molecular complexity index is 1130. The van der Waals surface area contributed by atoms with E-state index in [-0.39, 0.29) is 10.8 Å². The van der Waals surface area contributed by atoms with Crippen LogP contribution in [0.4, 0.5) is 0 Å². The molecule has 0 spiro atoms. The first kappa shape index (κ1) is 23.0. The smallest absolute Gasteiger partial charge is 0.205 e. The van der Waals surface area contributed by atoms with Gasteiger partial charge in [0, 0.05) is 10.6 Å². The van der Waals surface area contributed by atoms with Crippen LogP contribution >= 0.6 is 7.29 Å². The van der Waals surface area contributed by atoms with E-state index in [0.29, 0.717) is 10.6 Å². The molecule has 1 saturated carbocycles. The molecule has 0 amide bonds. The molecule has 1 unspecified atom stereocenters. The SMILES string of the molecule is Cc1ccc(S(=O)(=O)C(NP(=O)(c2ccccc2)c2ccccc2)C2CCCCC2)cc1. The summed E-state index contributed by atoms with van der Waals surface area (Å²) in [5.74, 6) is -0.0872. The zero-order valence-corrected chi connectivity index (χ0v) is 20.1. The molecular formula is C26H30NO3PS. The maximum absolute atomic E-state index is 14.6. The third-order valence-electron chi connectivity index (χ3n) is 6.31. The molecule has 1 aliphatic rings. The lowest BCUT2D eigenvalue weighted by molar-refractivity contribution is 0.332. The van der Waals surface area contributed by atoms with Crippen LogP contribution in [0.25, 0.3) is 0 Å². The number of benzene rings is 3. The predicted octanol–water partition coefficient (Wildman–Crippen LogP) is 5.19. The Balaban J connectivity index is 1.83. The molecule has 1 atom stereocenters. The number of nitrogens with one attached hydrogen (secondary N) is 1. The average Bonchev–Trinajstić information content (AvgIpc) is 2.84. The molecule has 1 N–H and O–H groups in total. The highest BCUT2D eigenvalue weighted by Crippen LogP contribution is 2.43. The molecule has 4 rings (SSSR count). The number of hydrogen-bond acceptors (Lipinski definition) is 3. The Hall–Kier alpha value is -2.20. The molecule has 0 heterocycles. The molecule has 0 radical (unpaired) electrons. The Morgan fingerprint density at radius 1 is 0.781 bits per heavy atom. The zero-order valence-electron chi connectivity index (χ0n) is 18.4. The second-order valence-corrected chi connectivity index (χ2v) is 13.2. The van der Waals surface area contributed by atoms with E-state index in [9.17, 15) is 13.0 Å². The third kappa shape index (κ3) is 4.76. The summed E-state index contributed by atoms with van der Waals surface area (Å²) in [5, 5.41) is 3.57. The van der Waals surface area contributed by atoms with E-state index in [1.54, 1.807) is 12.1 Å². The lowest BCUT2D eigenvalue weighted by Gasteiger charge is -2.34. The van der Waals surface area contributed by atoms with Gasteiger partial charge in [-0.2, -0.15) is 0 Å². The number of rotatable bonds is 7. The van der Waals surface area contributed by atoms with Gasteiger partial charge in [0.2, 0.25) is 7.29 Å². The lowest BCUT2D eigenvalue weighted by Crippen LogP contribution is -2.45. The summed E-state index contributed by atoms with van der Waals surface area (Å²) in [6.07, 6.45) is 4.72. The molecule has 3 aromatic rings. The van der Waals surface area contributed by atoms with Crippen molar-refractivity contribution in [1.82, 2.24) is 5.09 Å². The highest BCUT2D eigenvalue weighted by Gasteiger charge is 2.41. The van der Waals surface area contributed by atoms with Crippen molar-refractivity contribution in [3.8, 4) is 0 Å². The van der Waals surface area contributed by atoms with Gasteiger partial charge in [0.05, 0.1) is 4.90 Å². The normalized spacial score (nSPS) is 16.5. The monoisotopic (exact) mass is 467 g/mol. The van der Waals surface area contributed by atoms with E-state index in [1.807, 2.05) is 79.7 Å². The quantitative estimate of drug-likeness (QED) is 0.486.